The minimum absolute atomic E-state index is 0.0125. The van der Waals surface area contributed by atoms with E-state index in [1.54, 1.807) is 0 Å². The molecule has 1 aromatic carbocycles. The maximum Gasteiger partial charge on any atom is 0.417 e. The molecule has 0 unspecified atom stereocenters. The number of carbonyl (C=O) groups is 1. The predicted octanol–water partition coefficient (Wildman–Crippen LogP) is 3.62. The molecule has 0 radical (unpaired) electrons. The lowest BCUT2D eigenvalue weighted by Crippen LogP contribution is -2.14. The van der Waals surface area contributed by atoms with Crippen LogP contribution in [0.15, 0.2) is 12.1 Å². The van der Waals surface area contributed by atoms with Gasteiger partial charge in [0.15, 0.2) is 0 Å². The number of hydrogen-bond donors (Lipinski definition) is 0. The van der Waals surface area contributed by atoms with E-state index in [0.717, 1.165) is 6.07 Å². The van der Waals surface area contributed by atoms with Gasteiger partial charge < -0.3 is 4.74 Å². The number of esters is 1. The van der Waals surface area contributed by atoms with Crippen molar-refractivity contribution >= 4 is 5.97 Å². The van der Waals surface area contributed by atoms with Crippen molar-refractivity contribution in [3.8, 4) is 6.07 Å². The predicted molar refractivity (Wildman–Crippen MR) is 61.5 cm³/mol. The van der Waals surface area contributed by atoms with Crippen molar-refractivity contribution in [2.45, 2.75) is 25.9 Å². The van der Waals surface area contributed by atoms with Crippen molar-refractivity contribution in [1.82, 2.24) is 0 Å². The van der Waals surface area contributed by atoms with Gasteiger partial charge in [0, 0.05) is 5.56 Å². The van der Waals surface area contributed by atoms with Crippen LogP contribution in [0.5, 0.6) is 0 Å². The van der Waals surface area contributed by atoms with Gasteiger partial charge in [0.2, 0.25) is 0 Å². The van der Waals surface area contributed by atoms with E-state index < -0.39 is 47.2 Å². The molecule has 0 saturated carbocycles. The molecule has 114 valence electrons. The lowest BCUT2D eigenvalue weighted by molar-refractivity contribution is -0.142. The van der Waals surface area contributed by atoms with E-state index >= 15 is 0 Å². The van der Waals surface area contributed by atoms with Crippen LogP contribution in [0.3, 0.4) is 0 Å². The summed E-state index contributed by atoms with van der Waals surface area (Å²) in [5.74, 6) is -0.895. The molecule has 0 aliphatic carbocycles. The number of benzene rings is 1. The number of rotatable bonds is 4. The molecule has 21 heavy (non-hydrogen) atoms. The molecule has 1 rings (SSSR count). The first kappa shape index (κ1) is 16.9. The molecular weight excluding hydrogens is 297 g/mol. The van der Waals surface area contributed by atoms with E-state index in [1.807, 2.05) is 0 Å². The van der Waals surface area contributed by atoms with Crippen molar-refractivity contribution in [3.63, 3.8) is 0 Å². The van der Waals surface area contributed by atoms with Crippen molar-refractivity contribution in [2.24, 2.45) is 0 Å². The smallest absolute Gasteiger partial charge is 0.417 e. The Morgan fingerprint density at radius 2 is 2.00 bits per heavy atom. The molecule has 0 bridgehead atoms. The molecular formula is C13H10F5NO2. The third-order valence-corrected chi connectivity index (χ3v) is 2.55. The standard InChI is InChI=1S/C13H10F5NO2/c1-2-21-11(20)5-7-3-8(12(14)15)4-10(9(7)6-19)13(16,17)18/h3-4,12H,2,5H2,1H3. The summed E-state index contributed by atoms with van der Waals surface area (Å²) in [6, 6.07) is 2.25. The quantitative estimate of drug-likeness (QED) is 0.630. The van der Waals surface area contributed by atoms with Crippen LogP contribution in [0.2, 0.25) is 0 Å². The summed E-state index contributed by atoms with van der Waals surface area (Å²) in [7, 11) is 0. The second kappa shape index (κ2) is 6.52. The van der Waals surface area contributed by atoms with Crippen LogP contribution in [0.1, 0.15) is 35.6 Å². The lowest BCUT2D eigenvalue weighted by Gasteiger charge is -2.14. The van der Waals surface area contributed by atoms with Gasteiger partial charge in [0.25, 0.3) is 6.43 Å². The molecule has 0 atom stereocenters. The first-order valence-electron chi connectivity index (χ1n) is 5.78. The first-order chi connectivity index (χ1) is 9.70. The summed E-state index contributed by atoms with van der Waals surface area (Å²) >= 11 is 0. The third-order valence-electron chi connectivity index (χ3n) is 2.55. The first-order valence-corrected chi connectivity index (χ1v) is 5.78. The van der Waals surface area contributed by atoms with Gasteiger partial charge >= 0.3 is 12.1 Å². The van der Waals surface area contributed by atoms with Gasteiger partial charge in [-0.2, -0.15) is 18.4 Å². The van der Waals surface area contributed by atoms with E-state index in [4.69, 9.17) is 5.26 Å². The fourth-order valence-electron chi connectivity index (χ4n) is 1.72. The fourth-order valence-corrected chi connectivity index (χ4v) is 1.72. The average Bonchev–Trinajstić information content (AvgIpc) is 2.36. The molecule has 0 saturated heterocycles. The zero-order valence-electron chi connectivity index (χ0n) is 10.8. The SMILES string of the molecule is CCOC(=O)Cc1cc(C(F)F)cc(C(F)(F)F)c1C#N. The van der Waals surface area contributed by atoms with Crippen LogP contribution >= 0.6 is 0 Å². The highest BCUT2D eigenvalue weighted by molar-refractivity contribution is 5.74. The van der Waals surface area contributed by atoms with Gasteiger partial charge in [-0.15, -0.1) is 0 Å². The van der Waals surface area contributed by atoms with Crippen molar-refractivity contribution in [2.75, 3.05) is 6.61 Å². The summed E-state index contributed by atoms with van der Waals surface area (Å²) in [4.78, 5) is 11.3. The van der Waals surface area contributed by atoms with Crippen LogP contribution < -0.4 is 0 Å². The molecule has 0 spiro atoms. The topological polar surface area (TPSA) is 50.1 Å². The van der Waals surface area contributed by atoms with E-state index in [9.17, 15) is 26.7 Å². The number of nitrogens with zero attached hydrogens (tertiary/aromatic N) is 1. The normalized spacial score (nSPS) is 11.3. The largest absolute Gasteiger partial charge is 0.466 e. The summed E-state index contributed by atoms with van der Waals surface area (Å²) in [6.07, 6.45) is -8.81. The Morgan fingerprint density at radius 3 is 2.43 bits per heavy atom. The van der Waals surface area contributed by atoms with Gasteiger partial charge in [-0.1, -0.05) is 0 Å². The Bertz CT molecular complexity index is 575. The molecule has 0 aliphatic rings. The number of hydrogen-bond acceptors (Lipinski definition) is 3. The van der Waals surface area contributed by atoms with Gasteiger partial charge in [-0.3, -0.25) is 4.79 Å². The highest BCUT2D eigenvalue weighted by atomic mass is 19.4. The van der Waals surface area contributed by atoms with Crippen LogP contribution in [-0.2, 0) is 22.1 Å². The summed E-state index contributed by atoms with van der Waals surface area (Å²) in [5.41, 5.74) is -3.66. The van der Waals surface area contributed by atoms with Crippen molar-refractivity contribution in [3.05, 3.63) is 34.4 Å². The Morgan fingerprint density at radius 1 is 1.38 bits per heavy atom. The van der Waals surface area contributed by atoms with Gasteiger partial charge in [0.1, 0.15) is 6.07 Å². The highest BCUT2D eigenvalue weighted by Crippen LogP contribution is 2.36. The summed E-state index contributed by atoms with van der Waals surface area (Å²) in [5, 5.41) is 8.85. The molecule has 0 heterocycles. The van der Waals surface area contributed by atoms with Gasteiger partial charge in [-0.05, 0) is 24.6 Å². The van der Waals surface area contributed by atoms with Crippen molar-refractivity contribution < 1.29 is 31.5 Å². The van der Waals surface area contributed by atoms with Crippen LogP contribution in [-0.4, -0.2) is 12.6 Å². The second-order valence-corrected chi connectivity index (χ2v) is 3.99. The molecule has 3 nitrogen and oxygen atoms in total. The van der Waals surface area contributed by atoms with Crippen LogP contribution in [0, 0.1) is 11.3 Å². The molecule has 1 aromatic rings. The zero-order chi connectivity index (χ0) is 16.2. The average molecular weight is 307 g/mol. The molecule has 0 N–H and O–H groups in total. The Balaban J connectivity index is 3.43. The summed E-state index contributed by atoms with van der Waals surface area (Å²) in [6.45, 7) is 1.47. The third kappa shape index (κ3) is 4.15. The maximum absolute atomic E-state index is 12.8. The molecule has 0 aliphatic heterocycles. The number of carbonyl (C=O) groups excluding carboxylic acids is 1. The summed E-state index contributed by atoms with van der Waals surface area (Å²) < 4.78 is 68.4. The van der Waals surface area contributed by atoms with E-state index in [1.165, 1.54) is 13.0 Å². The molecule has 0 aromatic heterocycles. The van der Waals surface area contributed by atoms with E-state index in [2.05, 4.69) is 4.74 Å². The lowest BCUT2D eigenvalue weighted by atomic mass is 9.96. The Labute approximate surface area is 116 Å². The Hall–Kier alpha value is -2.17. The highest BCUT2D eigenvalue weighted by Gasteiger charge is 2.36. The van der Waals surface area contributed by atoms with E-state index in [0.29, 0.717) is 0 Å². The van der Waals surface area contributed by atoms with Crippen LogP contribution in [0.25, 0.3) is 0 Å². The van der Waals surface area contributed by atoms with Gasteiger partial charge in [0.05, 0.1) is 24.2 Å². The molecule has 0 amide bonds. The zero-order valence-corrected chi connectivity index (χ0v) is 10.8. The van der Waals surface area contributed by atoms with E-state index in [-0.39, 0.29) is 12.7 Å². The van der Waals surface area contributed by atoms with Gasteiger partial charge in [-0.25, -0.2) is 8.78 Å². The molecule has 0 fully saturated rings. The Kier molecular flexibility index (Phi) is 5.24. The fraction of sp³-hybridized carbons (Fsp3) is 0.385. The maximum atomic E-state index is 12.8. The van der Waals surface area contributed by atoms with Crippen molar-refractivity contribution in [1.29, 1.82) is 5.26 Å². The number of halogens is 5. The van der Waals surface area contributed by atoms with Crippen LogP contribution in [0.4, 0.5) is 22.0 Å². The number of nitriles is 1. The monoisotopic (exact) mass is 307 g/mol. The number of alkyl halides is 5. The molecule has 8 heteroatoms. The number of ether oxygens (including phenoxy) is 1. The minimum atomic E-state index is -4.97. The second-order valence-electron chi connectivity index (χ2n) is 3.99. The minimum Gasteiger partial charge on any atom is -0.466 e.